The zero-order valence-corrected chi connectivity index (χ0v) is 23.6. The monoisotopic (exact) mass is 573 g/mol. The molecule has 10 heteroatoms. The van der Waals surface area contributed by atoms with Crippen LogP contribution in [0.25, 0.3) is 0 Å². The van der Waals surface area contributed by atoms with Crippen LogP contribution in [0, 0.1) is 5.82 Å². The summed E-state index contributed by atoms with van der Waals surface area (Å²) in [5.74, 6) is -1.57. The van der Waals surface area contributed by atoms with Crippen molar-refractivity contribution < 1.29 is 22.4 Å². The van der Waals surface area contributed by atoms with Crippen LogP contribution in [0.1, 0.15) is 30.9 Å². The fourth-order valence-corrected chi connectivity index (χ4v) is 5.07. The molecule has 0 heterocycles. The van der Waals surface area contributed by atoms with Crippen LogP contribution in [-0.4, -0.2) is 50.5 Å². The van der Waals surface area contributed by atoms with Crippen molar-refractivity contribution in [2.75, 3.05) is 23.7 Å². The lowest BCUT2D eigenvalue weighted by Gasteiger charge is -2.33. The van der Waals surface area contributed by atoms with Gasteiger partial charge in [0.05, 0.1) is 11.9 Å². The molecule has 0 saturated carbocycles. The van der Waals surface area contributed by atoms with Crippen molar-refractivity contribution in [3.8, 4) is 0 Å². The van der Waals surface area contributed by atoms with E-state index >= 15 is 0 Å². The number of halogens is 2. The van der Waals surface area contributed by atoms with Gasteiger partial charge in [-0.25, -0.2) is 12.8 Å². The summed E-state index contributed by atoms with van der Waals surface area (Å²) in [5.41, 5.74) is 1.26. The average molecular weight is 574 g/mol. The molecule has 0 fully saturated rings. The van der Waals surface area contributed by atoms with Crippen LogP contribution in [-0.2, 0) is 32.6 Å². The smallest absolute Gasteiger partial charge is 0.244 e. The predicted molar refractivity (Wildman–Crippen MR) is 152 cm³/mol. The second-order valence-corrected chi connectivity index (χ2v) is 11.6. The Hall–Kier alpha value is -3.43. The number of nitrogens with zero attached hydrogens (tertiary/aromatic N) is 2. The van der Waals surface area contributed by atoms with Gasteiger partial charge in [-0.2, -0.15) is 0 Å². The first-order valence-corrected chi connectivity index (χ1v) is 14.9. The van der Waals surface area contributed by atoms with Gasteiger partial charge in [-0.1, -0.05) is 73.5 Å². The molecule has 0 spiro atoms. The number of anilines is 1. The lowest BCUT2D eigenvalue weighted by atomic mass is 10.0. The summed E-state index contributed by atoms with van der Waals surface area (Å²) in [6.45, 7) is 1.62. The van der Waals surface area contributed by atoms with E-state index in [-0.39, 0.29) is 24.2 Å². The molecular weight excluding hydrogens is 541 g/mol. The summed E-state index contributed by atoms with van der Waals surface area (Å²) >= 11 is 5.97. The molecule has 3 rings (SSSR count). The Morgan fingerprint density at radius 1 is 0.974 bits per heavy atom. The first-order chi connectivity index (χ1) is 18.6. The lowest BCUT2D eigenvalue weighted by Crippen LogP contribution is -2.53. The van der Waals surface area contributed by atoms with Crippen molar-refractivity contribution in [2.45, 2.75) is 38.8 Å². The molecule has 39 heavy (non-hydrogen) atoms. The van der Waals surface area contributed by atoms with Crippen LogP contribution in [0.2, 0.25) is 5.02 Å². The largest absolute Gasteiger partial charge is 0.354 e. The van der Waals surface area contributed by atoms with Crippen LogP contribution >= 0.6 is 11.6 Å². The van der Waals surface area contributed by atoms with E-state index in [1.54, 1.807) is 6.07 Å². The number of hydrogen-bond acceptors (Lipinski definition) is 4. The second-order valence-electron chi connectivity index (χ2n) is 9.21. The number of amides is 2. The molecule has 3 aromatic rings. The van der Waals surface area contributed by atoms with Crippen molar-refractivity contribution in [3.05, 3.63) is 101 Å². The molecule has 1 atom stereocenters. The Labute approximate surface area is 234 Å². The van der Waals surface area contributed by atoms with Crippen LogP contribution < -0.4 is 9.62 Å². The minimum atomic E-state index is -3.89. The third-order valence-electron chi connectivity index (χ3n) is 6.19. The van der Waals surface area contributed by atoms with Crippen LogP contribution in [0.3, 0.4) is 0 Å². The van der Waals surface area contributed by atoms with E-state index in [0.717, 1.165) is 29.0 Å². The van der Waals surface area contributed by atoms with E-state index in [4.69, 9.17) is 11.6 Å². The van der Waals surface area contributed by atoms with Gasteiger partial charge in [-0.05, 0) is 42.3 Å². The van der Waals surface area contributed by atoms with Gasteiger partial charge >= 0.3 is 0 Å². The highest BCUT2D eigenvalue weighted by atomic mass is 35.5. The van der Waals surface area contributed by atoms with Crippen molar-refractivity contribution in [3.63, 3.8) is 0 Å². The Morgan fingerprint density at radius 3 is 2.23 bits per heavy atom. The Bertz CT molecular complexity index is 1350. The van der Waals surface area contributed by atoms with E-state index in [1.165, 1.54) is 47.4 Å². The van der Waals surface area contributed by atoms with E-state index in [0.29, 0.717) is 11.6 Å². The minimum absolute atomic E-state index is 0.165. The molecular formula is C29H33ClFN3O4S. The molecule has 0 aliphatic carbocycles. The summed E-state index contributed by atoms with van der Waals surface area (Å²) in [5, 5.41) is 3.30. The maximum atomic E-state index is 14.8. The highest BCUT2D eigenvalue weighted by molar-refractivity contribution is 7.92. The van der Waals surface area contributed by atoms with E-state index in [9.17, 15) is 22.4 Å². The zero-order valence-electron chi connectivity index (χ0n) is 22.0. The second kappa shape index (κ2) is 14.1. The van der Waals surface area contributed by atoms with Gasteiger partial charge in [0.2, 0.25) is 21.8 Å². The molecule has 0 radical (unpaired) electrons. The van der Waals surface area contributed by atoms with Crippen molar-refractivity contribution in [1.29, 1.82) is 0 Å². The standard InChI is InChI=1S/C29H33ClFN3O4S/c1-3-4-18-32-29(36)27(19-22-10-6-5-7-11-22)33(20-23-12-8-9-13-26(23)31)28(35)21-34(39(2,37)38)25-16-14-24(30)15-17-25/h5-17,27H,3-4,18-21H2,1-2H3,(H,32,36)/t27-/m0/s1. The van der Waals surface area contributed by atoms with Crippen molar-refractivity contribution in [1.82, 2.24) is 10.2 Å². The van der Waals surface area contributed by atoms with Gasteiger partial charge in [0.15, 0.2) is 0 Å². The number of hydrogen-bond donors (Lipinski definition) is 1. The minimum Gasteiger partial charge on any atom is -0.354 e. The fraction of sp³-hybridized carbons (Fsp3) is 0.310. The van der Waals surface area contributed by atoms with Crippen LogP contribution in [0.4, 0.5) is 10.1 Å². The number of unbranched alkanes of at least 4 members (excludes halogenated alkanes) is 1. The Balaban J connectivity index is 2.03. The van der Waals surface area contributed by atoms with Gasteiger partial charge in [-0.15, -0.1) is 0 Å². The molecule has 7 nitrogen and oxygen atoms in total. The molecule has 0 bridgehead atoms. The molecule has 0 saturated heterocycles. The summed E-state index contributed by atoms with van der Waals surface area (Å²) in [7, 11) is -3.89. The molecule has 0 aliphatic rings. The van der Waals surface area contributed by atoms with Gasteiger partial charge in [0.1, 0.15) is 18.4 Å². The quantitative estimate of drug-likeness (QED) is 0.298. The topological polar surface area (TPSA) is 86.8 Å². The first-order valence-electron chi connectivity index (χ1n) is 12.7. The lowest BCUT2D eigenvalue weighted by molar-refractivity contribution is -0.140. The highest BCUT2D eigenvalue weighted by Crippen LogP contribution is 2.22. The van der Waals surface area contributed by atoms with Crippen LogP contribution in [0.5, 0.6) is 0 Å². The molecule has 0 aliphatic heterocycles. The molecule has 3 aromatic carbocycles. The van der Waals surface area contributed by atoms with E-state index in [1.807, 2.05) is 37.3 Å². The summed E-state index contributed by atoms with van der Waals surface area (Å²) < 4.78 is 41.2. The van der Waals surface area contributed by atoms with E-state index < -0.39 is 40.2 Å². The number of rotatable bonds is 13. The first kappa shape index (κ1) is 30.1. The molecule has 1 N–H and O–H groups in total. The van der Waals surface area contributed by atoms with Gasteiger partial charge < -0.3 is 10.2 Å². The van der Waals surface area contributed by atoms with Crippen LogP contribution in [0.15, 0.2) is 78.9 Å². The van der Waals surface area contributed by atoms with Gasteiger partial charge in [0.25, 0.3) is 0 Å². The summed E-state index contributed by atoms with van der Waals surface area (Å²) in [6.07, 6.45) is 2.78. The van der Waals surface area contributed by atoms with Gasteiger partial charge in [-0.3, -0.25) is 13.9 Å². The predicted octanol–water partition coefficient (Wildman–Crippen LogP) is 4.80. The van der Waals surface area contributed by atoms with Crippen molar-refractivity contribution >= 4 is 39.1 Å². The SMILES string of the molecule is CCCCNC(=O)[C@H](Cc1ccccc1)N(Cc1ccccc1F)C(=O)CN(c1ccc(Cl)cc1)S(C)(=O)=O. The number of nitrogens with one attached hydrogen (secondary N) is 1. The third kappa shape index (κ3) is 8.80. The number of sulfonamides is 1. The average Bonchev–Trinajstić information content (AvgIpc) is 2.91. The number of benzene rings is 3. The number of carbonyl (C=O) groups is 2. The fourth-order valence-electron chi connectivity index (χ4n) is 4.09. The molecule has 0 aromatic heterocycles. The van der Waals surface area contributed by atoms with Crippen molar-refractivity contribution in [2.24, 2.45) is 0 Å². The summed E-state index contributed by atoms with van der Waals surface area (Å²) in [6, 6.07) is 20.2. The zero-order chi connectivity index (χ0) is 28.4. The molecule has 208 valence electrons. The molecule has 2 amide bonds. The third-order valence-corrected chi connectivity index (χ3v) is 7.59. The van der Waals surface area contributed by atoms with E-state index in [2.05, 4.69) is 5.32 Å². The normalized spacial score (nSPS) is 12.0. The Kier molecular flexibility index (Phi) is 10.9. The maximum Gasteiger partial charge on any atom is 0.244 e. The molecule has 0 unspecified atom stereocenters. The highest BCUT2D eigenvalue weighted by Gasteiger charge is 2.33. The maximum absolute atomic E-state index is 14.8. The summed E-state index contributed by atoms with van der Waals surface area (Å²) in [4.78, 5) is 28.7. The van der Waals surface area contributed by atoms with Gasteiger partial charge in [0, 0.05) is 30.1 Å². The Morgan fingerprint density at radius 2 is 1.62 bits per heavy atom. The number of carbonyl (C=O) groups excluding carboxylic acids is 2.